The Morgan fingerprint density at radius 1 is 0.931 bits per heavy atom. The normalized spacial score (nSPS) is 17.7. The Hall–Kier alpha value is -2.58. The molecule has 0 aliphatic carbocycles. The third kappa shape index (κ3) is 3.26. The smallest absolute Gasteiger partial charge is 0.399 e. The summed E-state index contributed by atoms with van der Waals surface area (Å²) < 4.78 is 43.3. The standard InChI is InChI=1S/C21H22BF2N3O2/c1-13-15(12-27(26-13)17-8-6-7-11-25-17)14-9-10-16(19(24)18(14)23)22-28-20(2,3)21(4,5)29-22/h6-12H,1-5H3. The minimum atomic E-state index is -0.981. The molecule has 4 rings (SSSR count). The number of aryl methyl sites for hydroxylation is 1. The van der Waals surface area contributed by atoms with Crippen LogP contribution in [0.2, 0.25) is 0 Å². The minimum Gasteiger partial charge on any atom is -0.399 e. The highest BCUT2D eigenvalue weighted by Crippen LogP contribution is 2.37. The Bertz CT molecular complexity index is 1050. The van der Waals surface area contributed by atoms with Gasteiger partial charge in [-0.1, -0.05) is 18.2 Å². The molecule has 1 aromatic carbocycles. The van der Waals surface area contributed by atoms with Gasteiger partial charge < -0.3 is 9.31 Å². The van der Waals surface area contributed by atoms with Crippen LogP contribution in [0.5, 0.6) is 0 Å². The molecule has 1 aliphatic rings. The van der Waals surface area contributed by atoms with E-state index in [0.29, 0.717) is 17.1 Å². The lowest BCUT2D eigenvalue weighted by molar-refractivity contribution is 0.00578. The summed E-state index contributed by atoms with van der Waals surface area (Å²) in [4.78, 5) is 4.23. The van der Waals surface area contributed by atoms with Crippen molar-refractivity contribution >= 4 is 12.6 Å². The van der Waals surface area contributed by atoms with Crippen LogP contribution in [-0.4, -0.2) is 33.1 Å². The quantitative estimate of drug-likeness (QED) is 0.631. The van der Waals surface area contributed by atoms with E-state index in [1.807, 2.05) is 33.8 Å². The summed E-state index contributed by atoms with van der Waals surface area (Å²) in [5, 5.41) is 4.38. The summed E-state index contributed by atoms with van der Waals surface area (Å²) in [6, 6.07) is 8.45. The van der Waals surface area contributed by atoms with E-state index in [4.69, 9.17) is 9.31 Å². The van der Waals surface area contributed by atoms with Gasteiger partial charge in [0.05, 0.1) is 16.9 Å². The van der Waals surface area contributed by atoms with Crippen LogP contribution in [0.15, 0.2) is 42.7 Å². The molecule has 0 unspecified atom stereocenters. The van der Waals surface area contributed by atoms with Crippen LogP contribution in [0, 0.1) is 18.6 Å². The highest BCUT2D eigenvalue weighted by atomic mass is 19.2. The van der Waals surface area contributed by atoms with Gasteiger partial charge in [0.25, 0.3) is 0 Å². The fraction of sp³-hybridized carbons (Fsp3) is 0.333. The SMILES string of the molecule is Cc1nn(-c2ccccn2)cc1-c1ccc(B2OC(C)(C)C(C)(C)O2)c(F)c1F. The van der Waals surface area contributed by atoms with Gasteiger partial charge in [0, 0.05) is 29.0 Å². The predicted octanol–water partition coefficient (Wildman–Crippen LogP) is 3.82. The number of benzene rings is 1. The first-order chi connectivity index (χ1) is 13.6. The lowest BCUT2D eigenvalue weighted by atomic mass is 9.78. The molecule has 0 N–H and O–H groups in total. The van der Waals surface area contributed by atoms with E-state index in [9.17, 15) is 4.39 Å². The molecule has 0 saturated carbocycles. The van der Waals surface area contributed by atoms with E-state index >= 15 is 4.39 Å². The van der Waals surface area contributed by atoms with Crippen LogP contribution in [-0.2, 0) is 9.31 Å². The summed E-state index contributed by atoms with van der Waals surface area (Å²) in [7, 11) is -0.971. The van der Waals surface area contributed by atoms with Crippen LogP contribution in [0.1, 0.15) is 33.4 Å². The van der Waals surface area contributed by atoms with Gasteiger partial charge in [-0.2, -0.15) is 5.10 Å². The van der Waals surface area contributed by atoms with Crippen molar-refractivity contribution in [2.75, 3.05) is 0 Å². The highest BCUT2D eigenvalue weighted by molar-refractivity contribution is 6.62. The number of aromatic nitrogens is 3. The van der Waals surface area contributed by atoms with Crippen LogP contribution in [0.4, 0.5) is 8.78 Å². The molecule has 8 heteroatoms. The van der Waals surface area contributed by atoms with Crippen molar-refractivity contribution < 1.29 is 18.1 Å². The molecule has 3 heterocycles. The third-order valence-electron chi connectivity index (χ3n) is 5.69. The largest absolute Gasteiger partial charge is 0.497 e. The van der Waals surface area contributed by atoms with E-state index in [-0.39, 0.29) is 11.0 Å². The summed E-state index contributed by atoms with van der Waals surface area (Å²) in [5.74, 6) is -1.34. The van der Waals surface area contributed by atoms with Crippen molar-refractivity contribution in [3.05, 3.63) is 60.1 Å². The molecular weight excluding hydrogens is 375 g/mol. The number of hydrogen-bond donors (Lipinski definition) is 0. The first-order valence-corrected chi connectivity index (χ1v) is 9.42. The lowest BCUT2D eigenvalue weighted by Crippen LogP contribution is -2.41. The van der Waals surface area contributed by atoms with Crippen molar-refractivity contribution in [1.82, 2.24) is 14.8 Å². The average Bonchev–Trinajstić information content (AvgIpc) is 3.14. The number of hydrogen-bond acceptors (Lipinski definition) is 4. The number of nitrogens with zero attached hydrogens (tertiary/aromatic N) is 3. The first-order valence-electron chi connectivity index (χ1n) is 9.42. The van der Waals surface area contributed by atoms with Gasteiger partial charge in [-0.05, 0) is 46.8 Å². The van der Waals surface area contributed by atoms with E-state index < -0.39 is 30.0 Å². The molecular formula is C21H22BF2N3O2. The van der Waals surface area contributed by atoms with Crippen molar-refractivity contribution in [1.29, 1.82) is 0 Å². The lowest BCUT2D eigenvalue weighted by Gasteiger charge is -2.32. The van der Waals surface area contributed by atoms with Crippen LogP contribution in [0.3, 0.4) is 0 Å². The molecule has 0 bridgehead atoms. The highest BCUT2D eigenvalue weighted by Gasteiger charge is 2.52. The third-order valence-corrected chi connectivity index (χ3v) is 5.69. The van der Waals surface area contributed by atoms with Crippen LogP contribution in [0.25, 0.3) is 16.9 Å². The van der Waals surface area contributed by atoms with Gasteiger partial charge in [0.15, 0.2) is 17.5 Å². The molecule has 5 nitrogen and oxygen atoms in total. The van der Waals surface area contributed by atoms with Crippen molar-refractivity contribution in [3.8, 4) is 16.9 Å². The van der Waals surface area contributed by atoms with Crippen LogP contribution >= 0.6 is 0 Å². The molecule has 29 heavy (non-hydrogen) atoms. The molecule has 0 amide bonds. The fourth-order valence-electron chi connectivity index (χ4n) is 3.26. The van der Waals surface area contributed by atoms with Gasteiger partial charge in [-0.3, -0.25) is 0 Å². The summed E-state index contributed by atoms with van der Waals surface area (Å²) in [6.45, 7) is 9.21. The molecule has 1 fully saturated rings. The van der Waals surface area contributed by atoms with Gasteiger partial charge in [-0.25, -0.2) is 18.4 Å². The second kappa shape index (κ2) is 6.74. The van der Waals surface area contributed by atoms with Gasteiger partial charge in [0.2, 0.25) is 0 Å². The molecule has 3 aromatic rings. The van der Waals surface area contributed by atoms with Gasteiger partial charge in [-0.15, -0.1) is 0 Å². The van der Waals surface area contributed by atoms with E-state index in [1.54, 1.807) is 36.1 Å². The number of pyridine rings is 1. The monoisotopic (exact) mass is 397 g/mol. The summed E-state index contributed by atoms with van der Waals surface area (Å²) in [6.07, 6.45) is 3.29. The first kappa shape index (κ1) is 19.7. The maximum atomic E-state index is 15.0. The van der Waals surface area contributed by atoms with Gasteiger partial charge >= 0.3 is 7.12 Å². The molecule has 2 aromatic heterocycles. The number of rotatable bonds is 3. The van der Waals surface area contributed by atoms with Crippen LogP contribution < -0.4 is 5.46 Å². The average molecular weight is 397 g/mol. The Morgan fingerprint density at radius 2 is 1.62 bits per heavy atom. The van der Waals surface area contributed by atoms with E-state index in [0.717, 1.165) is 0 Å². The zero-order valence-electron chi connectivity index (χ0n) is 17.0. The maximum absolute atomic E-state index is 15.0. The Labute approximate surface area is 168 Å². The van der Waals surface area contributed by atoms with Crippen molar-refractivity contribution in [2.45, 2.75) is 45.8 Å². The molecule has 150 valence electrons. The predicted molar refractivity (Wildman–Crippen MR) is 107 cm³/mol. The second-order valence-corrected chi connectivity index (χ2v) is 8.18. The zero-order valence-corrected chi connectivity index (χ0v) is 17.0. The van der Waals surface area contributed by atoms with E-state index in [1.165, 1.54) is 12.1 Å². The molecule has 0 radical (unpaired) electrons. The number of halogens is 2. The maximum Gasteiger partial charge on any atom is 0.497 e. The second-order valence-electron chi connectivity index (χ2n) is 8.18. The molecule has 0 atom stereocenters. The summed E-state index contributed by atoms with van der Waals surface area (Å²) >= 11 is 0. The Balaban J connectivity index is 1.72. The minimum absolute atomic E-state index is 0.0414. The van der Waals surface area contributed by atoms with Crippen molar-refractivity contribution in [2.24, 2.45) is 0 Å². The Kier molecular flexibility index (Phi) is 4.59. The molecule has 0 spiro atoms. The van der Waals surface area contributed by atoms with Crippen molar-refractivity contribution in [3.63, 3.8) is 0 Å². The van der Waals surface area contributed by atoms with Gasteiger partial charge in [0.1, 0.15) is 0 Å². The zero-order chi connectivity index (χ0) is 21.0. The Morgan fingerprint density at radius 3 is 2.24 bits per heavy atom. The molecule has 1 aliphatic heterocycles. The topological polar surface area (TPSA) is 49.2 Å². The fourth-order valence-corrected chi connectivity index (χ4v) is 3.26. The van der Waals surface area contributed by atoms with E-state index in [2.05, 4.69) is 10.1 Å². The molecule has 1 saturated heterocycles. The summed E-state index contributed by atoms with van der Waals surface area (Å²) in [5.41, 5.74) is -0.0498.